The molecule has 1 fully saturated rings. The van der Waals surface area contributed by atoms with Gasteiger partial charge in [-0.1, -0.05) is 18.2 Å². The molecule has 0 bridgehead atoms. The Hall–Kier alpha value is -1.07. The fourth-order valence-electron chi connectivity index (χ4n) is 1.80. The molecule has 2 unspecified atom stereocenters. The van der Waals surface area contributed by atoms with Crippen molar-refractivity contribution in [1.82, 2.24) is 0 Å². The zero-order chi connectivity index (χ0) is 12.0. The van der Waals surface area contributed by atoms with Gasteiger partial charge in [0.1, 0.15) is 5.60 Å². The van der Waals surface area contributed by atoms with Crippen molar-refractivity contribution in [2.75, 3.05) is 6.61 Å². The van der Waals surface area contributed by atoms with E-state index in [2.05, 4.69) is 0 Å². The second-order valence-electron chi connectivity index (χ2n) is 3.90. The summed E-state index contributed by atoms with van der Waals surface area (Å²) in [6, 6.07) is 5.19. The van der Waals surface area contributed by atoms with E-state index in [0.717, 1.165) is 6.07 Å². The Balaban J connectivity index is 2.50. The van der Waals surface area contributed by atoms with E-state index in [4.69, 9.17) is 4.74 Å². The largest absolute Gasteiger partial charge is 0.416 e. The van der Waals surface area contributed by atoms with Gasteiger partial charge >= 0.3 is 6.18 Å². The molecule has 1 aliphatic heterocycles. The van der Waals surface area contributed by atoms with Crippen LogP contribution in [-0.4, -0.2) is 17.8 Å². The van der Waals surface area contributed by atoms with Gasteiger partial charge in [-0.3, -0.25) is 0 Å². The Kier molecular flexibility index (Phi) is 2.47. The van der Waals surface area contributed by atoms with Crippen molar-refractivity contribution in [2.45, 2.75) is 24.8 Å². The highest BCUT2D eigenvalue weighted by atomic mass is 19.4. The minimum absolute atomic E-state index is 0.0116. The maximum absolute atomic E-state index is 12.7. The maximum Gasteiger partial charge on any atom is 0.416 e. The molecule has 1 N–H and O–H groups in total. The lowest BCUT2D eigenvalue weighted by Crippen LogP contribution is -2.27. The quantitative estimate of drug-likeness (QED) is 0.793. The predicted molar refractivity (Wildman–Crippen MR) is 50.8 cm³/mol. The van der Waals surface area contributed by atoms with Gasteiger partial charge in [0.05, 0.1) is 18.3 Å². The van der Waals surface area contributed by atoms with Gasteiger partial charge in [-0.25, -0.2) is 0 Å². The summed E-state index contributed by atoms with van der Waals surface area (Å²) in [5, 5.41) is 9.49. The van der Waals surface area contributed by atoms with Crippen molar-refractivity contribution >= 4 is 0 Å². The van der Waals surface area contributed by atoms with Gasteiger partial charge in [0.15, 0.2) is 0 Å². The van der Waals surface area contributed by atoms with E-state index >= 15 is 0 Å². The molecule has 88 valence electrons. The third-order valence-corrected chi connectivity index (χ3v) is 2.82. The molecule has 0 spiro atoms. The maximum atomic E-state index is 12.7. The highest BCUT2D eigenvalue weighted by Gasteiger charge is 2.54. The van der Waals surface area contributed by atoms with Gasteiger partial charge < -0.3 is 9.84 Å². The average Bonchev–Trinajstić information content (AvgIpc) is 2.97. The summed E-state index contributed by atoms with van der Waals surface area (Å²) >= 11 is 0. The first-order valence-corrected chi connectivity index (χ1v) is 4.86. The number of hydrogen-bond donors (Lipinski definition) is 1. The number of hydrogen-bond acceptors (Lipinski definition) is 2. The van der Waals surface area contributed by atoms with Crippen molar-refractivity contribution in [2.24, 2.45) is 0 Å². The lowest BCUT2D eigenvalue weighted by Gasteiger charge is -2.20. The molecular weight excluding hydrogens is 221 g/mol. The first-order valence-electron chi connectivity index (χ1n) is 4.86. The van der Waals surface area contributed by atoms with Gasteiger partial charge in [0.2, 0.25) is 0 Å². The van der Waals surface area contributed by atoms with Gasteiger partial charge in [-0.15, -0.1) is 0 Å². The van der Waals surface area contributed by atoms with Crippen molar-refractivity contribution in [3.8, 4) is 0 Å². The van der Waals surface area contributed by atoms with Crippen LogP contribution in [0.2, 0.25) is 0 Å². The first kappa shape index (κ1) is 11.4. The SMILES string of the molecule is CC(O)C1(c2ccccc2C(F)(F)F)CO1. The Morgan fingerprint density at radius 2 is 1.94 bits per heavy atom. The predicted octanol–water partition coefficient (Wildman–Crippen LogP) is 2.31. The summed E-state index contributed by atoms with van der Waals surface area (Å²) in [4.78, 5) is 0. The normalized spacial score (nSPS) is 26.6. The van der Waals surface area contributed by atoms with Crippen molar-refractivity contribution in [1.29, 1.82) is 0 Å². The second-order valence-corrected chi connectivity index (χ2v) is 3.90. The van der Waals surface area contributed by atoms with Gasteiger partial charge in [-0.05, 0) is 13.0 Å². The van der Waals surface area contributed by atoms with Crippen LogP contribution in [0, 0.1) is 0 Å². The third-order valence-electron chi connectivity index (χ3n) is 2.82. The molecule has 1 aromatic carbocycles. The fourth-order valence-corrected chi connectivity index (χ4v) is 1.80. The zero-order valence-electron chi connectivity index (χ0n) is 8.58. The van der Waals surface area contributed by atoms with E-state index in [1.807, 2.05) is 0 Å². The van der Waals surface area contributed by atoms with E-state index in [1.165, 1.54) is 25.1 Å². The lowest BCUT2D eigenvalue weighted by molar-refractivity contribution is -0.139. The standard InChI is InChI=1S/C11H11F3O2/c1-7(15)10(6-16-10)8-4-2-3-5-9(8)11(12,13)14/h2-5,7,15H,6H2,1H3. The Morgan fingerprint density at radius 3 is 2.38 bits per heavy atom. The van der Waals surface area contributed by atoms with Crippen LogP contribution in [0.25, 0.3) is 0 Å². The molecule has 2 rings (SSSR count). The van der Waals surface area contributed by atoms with Crippen LogP contribution in [0.4, 0.5) is 13.2 Å². The summed E-state index contributed by atoms with van der Waals surface area (Å²) in [5.41, 5.74) is -1.91. The molecule has 1 aromatic rings. The number of ether oxygens (including phenoxy) is 1. The molecule has 2 atom stereocenters. The number of rotatable bonds is 2. The van der Waals surface area contributed by atoms with E-state index in [1.54, 1.807) is 0 Å². The molecule has 0 radical (unpaired) electrons. The molecule has 1 saturated heterocycles. The Morgan fingerprint density at radius 1 is 1.38 bits per heavy atom. The molecule has 0 aromatic heterocycles. The number of epoxide rings is 1. The zero-order valence-corrected chi connectivity index (χ0v) is 8.58. The van der Waals surface area contributed by atoms with Gasteiger partial charge in [0.25, 0.3) is 0 Å². The second kappa shape index (κ2) is 3.46. The Bertz CT molecular complexity index is 394. The minimum atomic E-state index is -4.43. The van der Waals surface area contributed by atoms with Crippen LogP contribution >= 0.6 is 0 Å². The summed E-state index contributed by atoms with van der Waals surface area (Å²) in [6.07, 6.45) is -5.39. The third kappa shape index (κ3) is 1.70. The van der Waals surface area contributed by atoms with E-state index in [9.17, 15) is 18.3 Å². The van der Waals surface area contributed by atoms with Crippen LogP contribution < -0.4 is 0 Å². The number of aliphatic hydroxyl groups excluding tert-OH is 1. The van der Waals surface area contributed by atoms with E-state index < -0.39 is 23.4 Å². The number of alkyl halides is 3. The lowest BCUT2D eigenvalue weighted by atomic mass is 9.90. The molecule has 16 heavy (non-hydrogen) atoms. The molecule has 0 amide bonds. The van der Waals surface area contributed by atoms with Crippen LogP contribution in [0.1, 0.15) is 18.1 Å². The van der Waals surface area contributed by atoms with Crippen LogP contribution in [-0.2, 0) is 16.5 Å². The van der Waals surface area contributed by atoms with Crippen molar-refractivity contribution < 1.29 is 23.0 Å². The first-order chi connectivity index (χ1) is 7.38. The monoisotopic (exact) mass is 232 g/mol. The summed E-state index contributed by atoms with van der Waals surface area (Å²) in [5.74, 6) is 0. The summed E-state index contributed by atoms with van der Waals surface area (Å²) in [7, 11) is 0. The highest BCUT2D eigenvalue weighted by Crippen LogP contribution is 2.47. The minimum Gasteiger partial charge on any atom is -0.390 e. The topological polar surface area (TPSA) is 32.8 Å². The number of benzene rings is 1. The van der Waals surface area contributed by atoms with Crippen LogP contribution in [0.15, 0.2) is 24.3 Å². The molecule has 0 aliphatic carbocycles. The van der Waals surface area contributed by atoms with Crippen molar-refractivity contribution in [3.05, 3.63) is 35.4 Å². The van der Waals surface area contributed by atoms with E-state index in [0.29, 0.717) is 0 Å². The smallest absolute Gasteiger partial charge is 0.390 e. The van der Waals surface area contributed by atoms with Crippen LogP contribution in [0.5, 0.6) is 0 Å². The number of aliphatic hydroxyl groups is 1. The van der Waals surface area contributed by atoms with E-state index in [-0.39, 0.29) is 12.2 Å². The van der Waals surface area contributed by atoms with Gasteiger partial charge in [-0.2, -0.15) is 13.2 Å². The fraction of sp³-hybridized carbons (Fsp3) is 0.455. The number of halogens is 3. The molecule has 5 heteroatoms. The Labute approximate surface area is 90.7 Å². The van der Waals surface area contributed by atoms with Crippen LogP contribution in [0.3, 0.4) is 0 Å². The molecule has 0 saturated carbocycles. The average molecular weight is 232 g/mol. The highest BCUT2D eigenvalue weighted by molar-refractivity contribution is 5.38. The summed E-state index contributed by atoms with van der Waals surface area (Å²) in [6.45, 7) is 1.55. The molecule has 1 heterocycles. The van der Waals surface area contributed by atoms with Crippen molar-refractivity contribution in [3.63, 3.8) is 0 Å². The summed E-state index contributed by atoms with van der Waals surface area (Å²) < 4.78 is 43.2. The van der Waals surface area contributed by atoms with Gasteiger partial charge in [0, 0.05) is 5.56 Å². The molecule has 1 aliphatic rings. The molecule has 2 nitrogen and oxygen atoms in total. The molecular formula is C11H11F3O2.